The Morgan fingerprint density at radius 1 is 1.06 bits per heavy atom. The summed E-state index contributed by atoms with van der Waals surface area (Å²) in [4.78, 5) is 23.5. The third-order valence-electron chi connectivity index (χ3n) is 6.80. The second-order valence-electron chi connectivity index (χ2n) is 8.86. The number of rotatable bonds is 7. The molecule has 1 N–H and O–H groups in total. The van der Waals surface area contributed by atoms with Gasteiger partial charge in [0.1, 0.15) is 11.5 Å². The molecule has 2 heterocycles. The molecule has 7 nitrogen and oxygen atoms in total. The minimum atomic E-state index is 0.0983. The van der Waals surface area contributed by atoms with Gasteiger partial charge in [-0.05, 0) is 73.7 Å². The van der Waals surface area contributed by atoms with Gasteiger partial charge in [0.15, 0.2) is 0 Å². The Morgan fingerprint density at radius 2 is 1.79 bits per heavy atom. The molecule has 0 bridgehead atoms. The molecule has 7 heteroatoms. The van der Waals surface area contributed by atoms with Gasteiger partial charge in [-0.15, -0.1) is 0 Å². The van der Waals surface area contributed by atoms with Crippen LogP contribution >= 0.6 is 0 Å². The van der Waals surface area contributed by atoms with Crippen LogP contribution < -0.4 is 14.8 Å². The normalized spacial score (nSPS) is 19.1. The maximum Gasteiger partial charge on any atom is 0.321 e. The lowest BCUT2D eigenvalue weighted by Crippen LogP contribution is -2.35. The van der Waals surface area contributed by atoms with Crippen molar-refractivity contribution in [1.29, 1.82) is 0 Å². The first-order valence-corrected chi connectivity index (χ1v) is 11.4. The number of methoxy groups -OCH3 is 1. The predicted molar refractivity (Wildman–Crippen MR) is 125 cm³/mol. The van der Waals surface area contributed by atoms with Gasteiger partial charge in [0.25, 0.3) is 0 Å². The lowest BCUT2D eigenvalue weighted by atomic mass is 9.90. The van der Waals surface area contributed by atoms with Gasteiger partial charge >= 0.3 is 6.01 Å². The zero-order valence-corrected chi connectivity index (χ0v) is 18.7. The highest BCUT2D eigenvalue weighted by atomic mass is 16.5. The van der Waals surface area contributed by atoms with Crippen LogP contribution in [-0.2, 0) is 11.3 Å². The number of carbonyl (C=O) groups excluding carboxylic acids is 1. The molecule has 1 saturated heterocycles. The number of anilines is 1. The quantitative estimate of drug-likeness (QED) is 0.578. The standard InChI is InChI=1S/C26H28N4O3/c1-32-23-6-3-2-5-22(23)29-24(31)21-17-26(21)11-15-30(16-12-26)18-19-7-9-20(10-8-19)33-25-27-13-4-14-28-25/h2-10,13-14,21H,11-12,15-18H2,1H3,(H,29,31). The van der Waals surface area contributed by atoms with Crippen molar-refractivity contribution < 1.29 is 14.3 Å². The Kier molecular flexibility index (Phi) is 5.96. The molecule has 1 atom stereocenters. The smallest absolute Gasteiger partial charge is 0.321 e. The van der Waals surface area contributed by atoms with E-state index < -0.39 is 0 Å². The summed E-state index contributed by atoms with van der Waals surface area (Å²) in [5, 5.41) is 3.07. The first-order chi connectivity index (χ1) is 16.1. The number of piperidine rings is 1. The van der Waals surface area contributed by atoms with E-state index >= 15 is 0 Å². The van der Waals surface area contributed by atoms with E-state index in [1.807, 2.05) is 36.4 Å². The van der Waals surface area contributed by atoms with Crippen LogP contribution in [-0.4, -0.2) is 41.0 Å². The van der Waals surface area contributed by atoms with Crippen molar-refractivity contribution in [2.75, 3.05) is 25.5 Å². The fraction of sp³-hybridized carbons (Fsp3) is 0.346. The molecular formula is C26H28N4O3. The van der Waals surface area contributed by atoms with Gasteiger partial charge in [0.2, 0.25) is 5.91 Å². The zero-order valence-electron chi connectivity index (χ0n) is 18.7. The summed E-state index contributed by atoms with van der Waals surface area (Å²) in [7, 11) is 1.62. The number of amides is 1. The van der Waals surface area contributed by atoms with Crippen molar-refractivity contribution in [3.63, 3.8) is 0 Å². The van der Waals surface area contributed by atoms with E-state index in [1.54, 1.807) is 25.6 Å². The van der Waals surface area contributed by atoms with Gasteiger partial charge in [-0.25, -0.2) is 9.97 Å². The van der Waals surface area contributed by atoms with Crippen LogP contribution in [0.3, 0.4) is 0 Å². The topological polar surface area (TPSA) is 76.6 Å². The highest BCUT2D eigenvalue weighted by Crippen LogP contribution is 2.59. The molecule has 1 saturated carbocycles. The van der Waals surface area contributed by atoms with E-state index in [0.29, 0.717) is 11.8 Å². The Morgan fingerprint density at radius 3 is 2.52 bits per heavy atom. The Labute approximate surface area is 193 Å². The molecule has 1 spiro atoms. The van der Waals surface area contributed by atoms with Gasteiger partial charge in [-0.1, -0.05) is 24.3 Å². The lowest BCUT2D eigenvalue weighted by molar-refractivity contribution is -0.118. The van der Waals surface area contributed by atoms with Gasteiger partial charge < -0.3 is 14.8 Å². The third-order valence-corrected chi connectivity index (χ3v) is 6.80. The second-order valence-corrected chi connectivity index (χ2v) is 8.86. The van der Waals surface area contributed by atoms with Crippen molar-refractivity contribution >= 4 is 11.6 Å². The highest BCUT2D eigenvalue weighted by molar-refractivity contribution is 5.96. The zero-order chi connectivity index (χ0) is 22.7. The van der Waals surface area contributed by atoms with Crippen LogP contribution in [0, 0.1) is 11.3 Å². The number of carbonyl (C=O) groups is 1. The summed E-state index contributed by atoms with van der Waals surface area (Å²) in [5.41, 5.74) is 2.15. The average molecular weight is 445 g/mol. The summed E-state index contributed by atoms with van der Waals surface area (Å²) < 4.78 is 11.0. The average Bonchev–Trinajstić information content (AvgIpc) is 3.56. The number of hydrogen-bond donors (Lipinski definition) is 1. The Balaban J connectivity index is 1.11. The first-order valence-electron chi connectivity index (χ1n) is 11.4. The maximum absolute atomic E-state index is 12.9. The molecule has 2 aromatic carbocycles. The predicted octanol–water partition coefficient (Wildman–Crippen LogP) is 4.52. The van der Waals surface area contributed by atoms with Crippen LogP contribution in [0.2, 0.25) is 0 Å². The van der Waals surface area contributed by atoms with Crippen molar-refractivity contribution in [1.82, 2.24) is 14.9 Å². The fourth-order valence-electron chi connectivity index (χ4n) is 4.76. The van der Waals surface area contributed by atoms with Crippen LogP contribution in [0.4, 0.5) is 5.69 Å². The molecule has 1 unspecified atom stereocenters. The minimum absolute atomic E-state index is 0.0983. The van der Waals surface area contributed by atoms with Crippen molar-refractivity contribution in [3.05, 3.63) is 72.6 Å². The van der Waals surface area contributed by atoms with Crippen LogP contribution in [0.15, 0.2) is 67.0 Å². The molecule has 1 aliphatic carbocycles. The molecule has 2 fully saturated rings. The molecule has 5 rings (SSSR count). The molecule has 1 amide bonds. The monoisotopic (exact) mass is 444 g/mol. The van der Waals surface area contributed by atoms with Crippen molar-refractivity contribution in [2.45, 2.75) is 25.8 Å². The molecular weight excluding hydrogens is 416 g/mol. The summed E-state index contributed by atoms with van der Waals surface area (Å²) in [6.07, 6.45) is 6.42. The number of benzene rings is 2. The number of likely N-dealkylation sites (tertiary alicyclic amines) is 1. The second kappa shape index (κ2) is 9.19. The van der Waals surface area contributed by atoms with E-state index in [2.05, 4.69) is 32.3 Å². The van der Waals surface area contributed by atoms with Crippen LogP contribution in [0.25, 0.3) is 0 Å². The molecule has 33 heavy (non-hydrogen) atoms. The van der Waals surface area contributed by atoms with E-state index in [0.717, 1.165) is 50.3 Å². The van der Waals surface area contributed by atoms with E-state index in [9.17, 15) is 4.79 Å². The van der Waals surface area contributed by atoms with Gasteiger partial charge in [0, 0.05) is 24.9 Å². The third kappa shape index (κ3) is 4.83. The minimum Gasteiger partial charge on any atom is -0.495 e. The molecule has 2 aliphatic rings. The van der Waals surface area contributed by atoms with E-state index in [-0.39, 0.29) is 17.2 Å². The molecule has 1 aromatic heterocycles. The molecule has 170 valence electrons. The van der Waals surface area contributed by atoms with Gasteiger partial charge in [0.05, 0.1) is 12.8 Å². The number of hydrogen-bond acceptors (Lipinski definition) is 6. The number of nitrogens with one attached hydrogen (secondary N) is 1. The van der Waals surface area contributed by atoms with Crippen LogP contribution in [0.5, 0.6) is 17.5 Å². The van der Waals surface area contributed by atoms with Gasteiger partial charge in [-0.2, -0.15) is 0 Å². The van der Waals surface area contributed by atoms with E-state index in [4.69, 9.17) is 9.47 Å². The maximum atomic E-state index is 12.9. The molecule has 0 radical (unpaired) electrons. The first kappa shape index (κ1) is 21.4. The number of aromatic nitrogens is 2. The SMILES string of the molecule is COc1ccccc1NC(=O)C1CC12CCN(Cc1ccc(Oc3ncccn3)cc1)CC2. The van der Waals surface area contributed by atoms with Crippen molar-refractivity contribution in [2.24, 2.45) is 11.3 Å². The lowest BCUT2D eigenvalue weighted by Gasteiger charge is -2.32. The van der Waals surface area contributed by atoms with Gasteiger partial charge in [-0.3, -0.25) is 9.69 Å². The molecule has 1 aliphatic heterocycles. The fourth-order valence-corrected chi connectivity index (χ4v) is 4.76. The summed E-state index contributed by atoms with van der Waals surface area (Å²) in [6.45, 7) is 2.92. The Hall–Kier alpha value is -3.45. The number of ether oxygens (including phenoxy) is 2. The van der Waals surface area contributed by atoms with Crippen molar-refractivity contribution in [3.8, 4) is 17.5 Å². The molecule has 3 aromatic rings. The summed E-state index contributed by atoms with van der Waals surface area (Å²) >= 11 is 0. The summed E-state index contributed by atoms with van der Waals surface area (Å²) in [5.74, 6) is 1.64. The number of nitrogens with zero attached hydrogens (tertiary/aromatic N) is 3. The number of para-hydroxylation sites is 2. The largest absolute Gasteiger partial charge is 0.495 e. The Bertz CT molecular complexity index is 1100. The van der Waals surface area contributed by atoms with Crippen LogP contribution in [0.1, 0.15) is 24.8 Å². The van der Waals surface area contributed by atoms with E-state index in [1.165, 1.54) is 5.56 Å². The summed E-state index contributed by atoms with van der Waals surface area (Å²) in [6, 6.07) is 17.8. The highest BCUT2D eigenvalue weighted by Gasteiger charge is 2.58.